The molecule has 0 atom stereocenters. The molecule has 0 bridgehead atoms. The van der Waals surface area contributed by atoms with E-state index in [1.165, 1.54) is 5.56 Å². The van der Waals surface area contributed by atoms with Crippen LogP contribution in [0.5, 0.6) is 0 Å². The number of aromatic amines is 1. The second-order valence-corrected chi connectivity index (χ2v) is 5.25. The lowest BCUT2D eigenvalue weighted by Gasteiger charge is -2.16. The molecule has 0 saturated heterocycles. The number of H-pyrrole nitrogens is 1. The molecule has 0 spiro atoms. The Morgan fingerprint density at radius 1 is 1.32 bits per heavy atom. The monoisotopic (exact) mass is 258 g/mol. The smallest absolute Gasteiger partial charge is 0.270 e. The van der Waals surface area contributed by atoms with Gasteiger partial charge in [0.1, 0.15) is 5.69 Å². The molecule has 0 aliphatic rings. The highest BCUT2D eigenvalue weighted by atomic mass is 16.2. The molecule has 3 heteroatoms. The van der Waals surface area contributed by atoms with E-state index in [9.17, 15) is 4.79 Å². The Hall–Kier alpha value is -1.77. The molecule has 1 aromatic carbocycles. The zero-order valence-electron chi connectivity index (χ0n) is 12.2. The fourth-order valence-corrected chi connectivity index (χ4v) is 2.34. The summed E-state index contributed by atoms with van der Waals surface area (Å²) in [5, 5.41) is 1.15. The summed E-state index contributed by atoms with van der Waals surface area (Å²) in [7, 11) is 1.87. The average molecular weight is 258 g/mol. The van der Waals surface area contributed by atoms with Crippen molar-refractivity contribution in [1.29, 1.82) is 0 Å². The van der Waals surface area contributed by atoms with Crippen molar-refractivity contribution in [1.82, 2.24) is 9.88 Å². The highest BCUT2D eigenvalue weighted by Gasteiger charge is 2.17. The molecule has 0 unspecified atom stereocenters. The number of hydrogen-bond acceptors (Lipinski definition) is 1. The van der Waals surface area contributed by atoms with Crippen LogP contribution in [0.25, 0.3) is 10.9 Å². The predicted octanol–water partition coefficient (Wildman–Crippen LogP) is 3.66. The summed E-state index contributed by atoms with van der Waals surface area (Å²) in [5.41, 5.74) is 4.02. The van der Waals surface area contributed by atoms with E-state index in [0.29, 0.717) is 0 Å². The number of aryl methyl sites for hydroxylation is 2. The molecule has 102 valence electrons. The van der Waals surface area contributed by atoms with Crippen molar-refractivity contribution in [3.05, 3.63) is 35.0 Å². The largest absolute Gasteiger partial charge is 0.350 e. The number of rotatable bonds is 4. The Morgan fingerprint density at radius 3 is 2.74 bits per heavy atom. The van der Waals surface area contributed by atoms with Gasteiger partial charge in [-0.25, -0.2) is 0 Å². The molecule has 0 fully saturated rings. The Balaban J connectivity index is 2.34. The van der Waals surface area contributed by atoms with Crippen LogP contribution in [0.15, 0.2) is 18.2 Å². The number of benzene rings is 1. The van der Waals surface area contributed by atoms with Crippen LogP contribution in [-0.2, 0) is 0 Å². The van der Waals surface area contributed by atoms with Gasteiger partial charge in [0.2, 0.25) is 0 Å². The first kappa shape index (κ1) is 13.7. The number of amides is 1. The maximum atomic E-state index is 12.4. The van der Waals surface area contributed by atoms with Crippen LogP contribution in [0, 0.1) is 13.8 Å². The number of hydrogen-bond donors (Lipinski definition) is 1. The molecule has 19 heavy (non-hydrogen) atoms. The molecule has 0 aliphatic heterocycles. The lowest BCUT2D eigenvalue weighted by Crippen LogP contribution is -2.28. The van der Waals surface area contributed by atoms with E-state index in [0.717, 1.165) is 41.5 Å². The molecule has 0 saturated carbocycles. The van der Waals surface area contributed by atoms with Crippen LogP contribution in [0.2, 0.25) is 0 Å². The average Bonchev–Trinajstić information content (AvgIpc) is 2.72. The Bertz CT molecular complexity index is 598. The summed E-state index contributed by atoms with van der Waals surface area (Å²) in [6, 6.07) is 6.23. The molecule has 1 heterocycles. The van der Waals surface area contributed by atoms with Crippen LogP contribution in [0.4, 0.5) is 0 Å². The fourth-order valence-electron chi connectivity index (χ4n) is 2.34. The SMILES string of the molecule is CCCCN(C)C(=O)c1[nH]c2ccc(C)cc2c1C. The van der Waals surface area contributed by atoms with Gasteiger partial charge in [-0.2, -0.15) is 0 Å². The van der Waals surface area contributed by atoms with E-state index in [4.69, 9.17) is 0 Å². The van der Waals surface area contributed by atoms with Crippen LogP contribution >= 0.6 is 0 Å². The zero-order chi connectivity index (χ0) is 14.0. The minimum absolute atomic E-state index is 0.0832. The summed E-state index contributed by atoms with van der Waals surface area (Å²) in [5.74, 6) is 0.0832. The second kappa shape index (κ2) is 5.47. The van der Waals surface area contributed by atoms with Crippen molar-refractivity contribution in [2.45, 2.75) is 33.6 Å². The molecule has 2 rings (SSSR count). The third-order valence-corrected chi connectivity index (χ3v) is 3.62. The first-order valence-corrected chi connectivity index (χ1v) is 6.89. The van der Waals surface area contributed by atoms with E-state index in [-0.39, 0.29) is 5.91 Å². The Morgan fingerprint density at radius 2 is 2.05 bits per heavy atom. The third-order valence-electron chi connectivity index (χ3n) is 3.62. The summed E-state index contributed by atoms with van der Waals surface area (Å²) in [6.45, 7) is 7.03. The van der Waals surface area contributed by atoms with Crippen LogP contribution in [-0.4, -0.2) is 29.4 Å². The van der Waals surface area contributed by atoms with Gasteiger partial charge >= 0.3 is 0 Å². The van der Waals surface area contributed by atoms with E-state index in [2.05, 4.69) is 31.0 Å². The van der Waals surface area contributed by atoms with Gasteiger partial charge in [0.25, 0.3) is 5.91 Å². The summed E-state index contributed by atoms with van der Waals surface area (Å²) < 4.78 is 0. The van der Waals surface area contributed by atoms with E-state index < -0.39 is 0 Å². The van der Waals surface area contributed by atoms with Gasteiger partial charge in [-0.3, -0.25) is 4.79 Å². The molecule has 1 N–H and O–H groups in total. The van der Waals surface area contributed by atoms with Crippen LogP contribution < -0.4 is 0 Å². The van der Waals surface area contributed by atoms with Crippen molar-refractivity contribution in [3.63, 3.8) is 0 Å². The van der Waals surface area contributed by atoms with Crippen molar-refractivity contribution >= 4 is 16.8 Å². The van der Waals surface area contributed by atoms with Gasteiger partial charge in [-0.1, -0.05) is 25.0 Å². The fraction of sp³-hybridized carbons (Fsp3) is 0.438. The first-order chi connectivity index (χ1) is 9.04. The topological polar surface area (TPSA) is 36.1 Å². The number of aromatic nitrogens is 1. The van der Waals surface area contributed by atoms with E-state index >= 15 is 0 Å². The summed E-state index contributed by atoms with van der Waals surface area (Å²) >= 11 is 0. The summed E-state index contributed by atoms with van der Waals surface area (Å²) in [6.07, 6.45) is 2.14. The summed E-state index contributed by atoms with van der Waals surface area (Å²) in [4.78, 5) is 17.5. The number of carbonyl (C=O) groups excluding carboxylic acids is 1. The number of unbranched alkanes of at least 4 members (excludes halogenated alkanes) is 1. The number of nitrogens with one attached hydrogen (secondary N) is 1. The van der Waals surface area contributed by atoms with Gasteiger partial charge in [-0.05, 0) is 38.0 Å². The minimum atomic E-state index is 0.0832. The molecular formula is C16H22N2O. The lowest BCUT2D eigenvalue weighted by molar-refractivity contribution is 0.0788. The predicted molar refractivity (Wildman–Crippen MR) is 79.6 cm³/mol. The molecule has 0 aliphatic carbocycles. The van der Waals surface area contributed by atoms with Crippen molar-refractivity contribution in [2.75, 3.05) is 13.6 Å². The van der Waals surface area contributed by atoms with Crippen LogP contribution in [0.1, 0.15) is 41.4 Å². The Labute approximate surface area is 114 Å². The van der Waals surface area contributed by atoms with Crippen LogP contribution in [0.3, 0.4) is 0 Å². The number of fused-ring (bicyclic) bond motifs is 1. The molecule has 3 nitrogen and oxygen atoms in total. The lowest BCUT2D eigenvalue weighted by atomic mass is 10.1. The Kier molecular flexibility index (Phi) is 3.93. The normalized spacial score (nSPS) is 10.9. The van der Waals surface area contributed by atoms with E-state index in [1.807, 2.05) is 20.0 Å². The van der Waals surface area contributed by atoms with Gasteiger partial charge in [0, 0.05) is 24.5 Å². The number of carbonyl (C=O) groups is 1. The standard InChI is InChI=1S/C16H22N2O/c1-5-6-9-18(4)16(19)15-12(3)13-10-11(2)7-8-14(13)17-15/h7-8,10,17H,5-6,9H2,1-4H3. The van der Waals surface area contributed by atoms with Gasteiger partial charge in [-0.15, -0.1) is 0 Å². The van der Waals surface area contributed by atoms with Crippen molar-refractivity contribution in [3.8, 4) is 0 Å². The van der Waals surface area contributed by atoms with E-state index in [1.54, 1.807) is 4.90 Å². The number of nitrogens with zero attached hydrogens (tertiary/aromatic N) is 1. The maximum Gasteiger partial charge on any atom is 0.270 e. The minimum Gasteiger partial charge on any atom is -0.350 e. The second-order valence-electron chi connectivity index (χ2n) is 5.25. The van der Waals surface area contributed by atoms with Gasteiger partial charge < -0.3 is 9.88 Å². The van der Waals surface area contributed by atoms with Crippen molar-refractivity contribution < 1.29 is 4.79 Å². The quantitative estimate of drug-likeness (QED) is 0.892. The molecule has 0 radical (unpaired) electrons. The molecule has 2 aromatic rings. The zero-order valence-corrected chi connectivity index (χ0v) is 12.2. The molecule has 1 amide bonds. The third kappa shape index (κ3) is 2.65. The molecular weight excluding hydrogens is 236 g/mol. The van der Waals surface area contributed by atoms with Crippen molar-refractivity contribution in [2.24, 2.45) is 0 Å². The highest BCUT2D eigenvalue weighted by molar-refractivity contribution is 6.00. The maximum absolute atomic E-state index is 12.4. The first-order valence-electron chi connectivity index (χ1n) is 6.89. The van der Waals surface area contributed by atoms with Gasteiger partial charge in [0.05, 0.1) is 0 Å². The molecule has 1 aromatic heterocycles. The van der Waals surface area contributed by atoms with Gasteiger partial charge in [0.15, 0.2) is 0 Å². The highest BCUT2D eigenvalue weighted by Crippen LogP contribution is 2.23.